The summed E-state index contributed by atoms with van der Waals surface area (Å²) in [6, 6.07) is 5.39. The highest BCUT2D eigenvalue weighted by Gasteiger charge is 2.19. The number of rotatable bonds is 5. The molecule has 0 aliphatic carbocycles. The van der Waals surface area contributed by atoms with Crippen LogP contribution >= 0.6 is 0 Å². The minimum Gasteiger partial charge on any atom is -0.480 e. The number of anilines is 1. The van der Waals surface area contributed by atoms with Crippen molar-refractivity contribution in [2.24, 2.45) is 0 Å². The average molecular weight is 289 g/mol. The monoisotopic (exact) mass is 289 g/mol. The number of carbonyl (C=O) groups excluding carboxylic acids is 1. The van der Waals surface area contributed by atoms with Gasteiger partial charge < -0.3 is 20.8 Å². The van der Waals surface area contributed by atoms with E-state index in [4.69, 9.17) is 10.2 Å². The van der Waals surface area contributed by atoms with Gasteiger partial charge in [0.05, 0.1) is 5.69 Å². The predicted octanol–water partition coefficient (Wildman–Crippen LogP) is 1.19. The molecule has 21 heavy (non-hydrogen) atoms. The highest BCUT2D eigenvalue weighted by atomic mass is 16.4. The van der Waals surface area contributed by atoms with Crippen LogP contribution in [0.15, 0.2) is 36.7 Å². The zero-order valence-corrected chi connectivity index (χ0v) is 11.1. The average Bonchev–Trinajstić information content (AvgIpc) is 2.47. The summed E-state index contributed by atoms with van der Waals surface area (Å²) in [5, 5.41) is 24.3. The molecule has 1 atom stereocenters. The van der Waals surface area contributed by atoms with Crippen molar-refractivity contribution in [1.82, 2.24) is 10.3 Å². The number of benzene rings is 1. The maximum absolute atomic E-state index is 11.9. The number of fused-ring (bicyclic) bond motifs is 1. The summed E-state index contributed by atoms with van der Waals surface area (Å²) in [7, 11) is 0. The lowest BCUT2D eigenvalue weighted by Gasteiger charge is -2.14. The number of amides is 2. The molecule has 0 aliphatic heterocycles. The minimum atomic E-state index is -1.20. The summed E-state index contributed by atoms with van der Waals surface area (Å²) in [5.41, 5.74) is 0.534. The molecule has 2 aromatic rings. The molecular formula is C14H15N3O4. The van der Waals surface area contributed by atoms with Gasteiger partial charge in [-0.25, -0.2) is 9.59 Å². The van der Waals surface area contributed by atoms with Crippen molar-refractivity contribution in [3.8, 4) is 0 Å². The minimum absolute atomic E-state index is 0.0557. The molecule has 1 aromatic heterocycles. The Hall–Kier alpha value is -2.67. The van der Waals surface area contributed by atoms with E-state index in [1.165, 1.54) is 0 Å². The fourth-order valence-corrected chi connectivity index (χ4v) is 1.93. The SMILES string of the molecule is O=C(Nc1cccc2ccncc12)N[C@H](CCO)C(=O)O. The number of hydrogen-bond acceptors (Lipinski definition) is 4. The Bertz CT molecular complexity index is 654. The van der Waals surface area contributed by atoms with Crippen molar-refractivity contribution in [2.45, 2.75) is 12.5 Å². The summed E-state index contributed by atoms with van der Waals surface area (Å²) in [6.45, 7) is -0.324. The lowest BCUT2D eigenvalue weighted by atomic mass is 10.1. The van der Waals surface area contributed by atoms with Crippen molar-refractivity contribution in [2.75, 3.05) is 11.9 Å². The van der Waals surface area contributed by atoms with E-state index in [1.807, 2.05) is 12.1 Å². The number of aliphatic carboxylic acids is 1. The van der Waals surface area contributed by atoms with E-state index in [2.05, 4.69) is 15.6 Å². The number of nitrogens with zero attached hydrogens (tertiary/aromatic N) is 1. The molecule has 4 N–H and O–H groups in total. The number of aromatic nitrogens is 1. The molecule has 7 nitrogen and oxygen atoms in total. The Morgan fingerprint density at radius 2 is 2.10 bits per heavy atom. The molecule has 0 aliphatic rings. The second-order valence-corrected chi connectivity index (χ2v) is 4.40. The number of urea groups is 1. The second kappa shape index (κ2) is 6.67. The molecule has 0 radical (unpaired) electrons. The number of pyridine rings is 1. The van der Waals surface area contributed by atoms with Gasteiger partial charge in [-0.1, -0.05) is 12.1 Å². The molecule has 110 valence electrons. The first-order chi connectivity index (χ1) is 10.1. The zero-order chi connectivity index (χ0) is 15.2. The first kappa shape index (κ1) is 14.7. The third-order valence-electron chi connectivity index (χ3n) is 2.95. The Morgan fingerprint density at radius 1 is 1.29 bits per heavy atom. The van der Waals surface area contributed by atoms with Crippen molar-refractivity contribution in [3.05, 3.63) is 36.7 Å². The van der Waals surface area contributed by atoms with Crippen LogP contribution in [0.3, 0.4) is 0 Å². The van der Waals surface area contributed by atoms with Gasteiger partial charge in [-0.3, -0.25) is 4.98 Å². The Labute approximate surface area is 120 Å². The van der Waals surface area contributed by atoms with Crippen molar-refractivity contribution >= 4 is 28.5 Å². The van der Waals surface area contributed by atoms with Crippen LogP contribution in [0.5, 0.6) is 0 Å². The van der Waals surface area contributed by atoms with E-state index in [-0.39, 0.29) is 13.0 Å². The van der Waals surface area contributed by atoms with Crippen molar-refractivity contribution < 1.29 is 19.8 Å². The molecule has 0 bridgehead atoms. The van der Waals surface area contributed by atoms with Crippen LogP contribution in [-0.4, -0.2) is 39.8 Å². The molecular weight excluding hydrogens is 274 g/mol. The van der Waals surface area contributed by atoms with Gasteiger partial charge in [0, 0.05) is 30.8 Å². The van der Waals surface area contributed by atoms with E-state index in [0.717, 1.165) is 10.8 Å². The third kappa shape index (κ3) is 3.67. The Morgan fingerprint density at radius 3 is 2.81 bits per heavy atom. The van der Waals surface area contributed by atoms with E-state index in [0.29, 0.717) is 5.69 Å². The van der Waals surface area contributed by atoms with Crippen LogP contribution in [0.2, 0.25) is 0 Å². The highest BCUT2D eigenvalue weighted by molar-refractivity contribution is 6.01. The molecule has 1 aromatic carbocycles. The van der Waals surface area contributed by atoms with Crippen molar-refractivity contribution in [3.63, 3.8) is 0 Å². The molecule has 0 spiro atoms. The number of hydrogen-bond donors (Lipinski definition) is 4. The van der Waals surface area contributed by atoms with Crippen LogP contribution in [0.25, 0.3) is 10.8 Å². The van der Waals surface area contributed by atoms with Gasteiger partial charge in [0.1, 0.15) is 6.04 Å². The number of nitrogens with one attached hydrogen (secondary N) is 2. The predicted molar refractivity (Wildman–Crippen MR) is 77.0 cm³/mol. The molecule has 0 unspecified atom stereocenters. The molecule has 1 heterocycles. The largest absolute Gasteiger partial charge is 0.480 e. The lowest BCUT2D eigenvalue weighted by Crippen LogP contribution is -2.43. The van der Waals surface area contributed by atoms with Gasteiger partial charge in [0.25, 0.3) is 0 Å². The van der Waals surface area contributed by atoms with E-state index in [1.54, 1.807) is 24.5 Å². The van der Waals surface area contributed by atoms with Gasteiger partial charge in [-0.2, -0.15) is 0 Å². The van der Waals surface area contributed by atoms with Crippen LogP contribution in [0.1, 0.15) is 6.42 Å². The summed E-state index contributed by atoms with van der Waals surface area (Å²) < 4.78 is 0. The lowest BCUT2D eigenvalue weighted by molar-refractivity contribution is -0.139. The summed E-state index contributed by atoms with van der Waals surface area (Å²) in [6.07, 6.45) is 3.21. The fraction of sp³-hybridized carbons (Fsp3) is 0.214. The van der Waals surface area contributed by atoms with E-state index < -0.39 is 18.0 Å². The second-order valence-electron chi connectivity index (χ2n) is 4.40. The van der Waals surface area contributed by atoms with E-state index >= 15 is 0 Å². The van der Waals surface area contributed by atoms with Gasteiger partial charge in [-0.05, 0) is 17.5 Å². The van der Waals surface area contributed by atoms with Crippen LogP contribution < -0.4 is 10.6 Å². The first-order valence-electron chi connectivity index (χ1n) is 6.35. The van der Waals surface area contributed by atoms with Crippen LogP contribution in [0, 0.1) is 0 Å². The maximum Gasteiger partial charge on any atom is 0.326 e. The quantitative estimate of drug-likeness (QED) is 0.660. The molecule has 7 heteroatoms. The molecule has 0 saturated carbocycles. The fourth-order valence-electron chi connectivity index (χ4n) is 1.93. The smallest absolute Gasteiger partial charge is 0.326 e. The first-order valence-corrected chi connectivity index (χ1v) is 6.35. The third-order valence-corrected chi connectivity index (χ3v) is 2.95. The molecule has 2 rings (SSSR count). The van der Waals surface area contributed by atoms with Gasteiger partial charge in [0.2, 0.25) is 0 Å². The number of carboxylic acids is 1. The number of carboxylic acid groups (broad SMARTS) is 1. The summed E-state index contributed by atoms with van der Waals surface area (Å²) in [4.78, 5) is 26.8. The van der Waals surface area contributed by atoms with E-state index in [9.17, 15) is 9.59 Å². The molecule has 0 saturated heterocycles. The molecule has 0 fully saturated rings. The standard InChI is InChI=1S/C14H15N3O4/c18-7-5-12(13(19)20)17-14(21)16-11-3-1-2-9-4-6-15-8-10(9)11/h1-4,6,8,12,18H,5,7H2,(H,19,20)(H2,16,17,21)/t12-/m1/s1. The number of aliphatic hydroxyl groups excluding tert-OH is 1. The number of aliphatic hydroxyl groups is 1. The van der Waals surface area contributed by atoms with Gasteiger partial charge in [0.15, 0.2) is 0 Å². The van der Waals surface area contributed by atoms with Gasteiger partial charge in [-0.15, -0.1) is 0 Å². The van der Waals surface area contributed by atoms with Crippen LogP contribution in [0.4, 0.5) is 10.5 Å². The van der Waals surface area contributed by atoms with Gasteiger partial charge >= 0.3 is 12.0 Å². The Kier molecular flexibility index (Phi) is 4.68. The zero-order valence-electron chi connectivity index (χ0n) is 11.1. The topological polar surface area (TPSA) is 112 Å². The Balaban J connectivity index is 2.13. The summed E-state index contributed by atoms with van der Waals surface area (Å²) >= 11 is 0. The van der Waals surface area contributed by atoms with Crippen molar-refractivity contribution in [1.29, 1.82) is 0 Å². The highest BCUT2D eigenvalue weighted by Crippen LogP contribution is 2.21. The normalized spacial score (nSPS) is 11.9. The summed E-state index contributed by atoms with van der Waals surface area (Å²) in [5.74, 6) is -1.20. The van der Waals surface area contributed by atoms with Crippen LogP contribution in [-0.2, 0) is 4.79 Å². The molecule has 2 amide bonds. The number of carbonyl (C=O) groups is 2. The maximum atomic E-state index is 11.9.